The molecule has 3 nitrogen and oxygen atoms in total. The van der Waals surface area contributed by atoms with Gasteiger partial charge in [-0.1, -0.05) is 30.3 Å². The lowest BCUT2D eigenvalue weighted by Crippen LogP contribution is -2.40. The van der Waals surface area contributed by atoms with Crippen LogP contribution in [0.2, 0.25) is 0 Å². The van der Waals surface area contributed by atoms with Gasteiger partial charge in [0, 0.05) is 6.42 Å². The molecule has 2 aliphatic rings. The maximum absolute atomic E-state index is 9.19. The van der Waals surface area contributed by atoms with Gasteiger partial charge in [0.05, 0.1) is 35.9 Å². The minimum Gasteiger partial charge on any atom is -0.370 e. The van der Waals surface area contributed by atoms with Gasteiger partial charge in [0.2, 0.25) is 0 Å². The molecule has 1 aromatic carbocycles. The van der Waals surface area contributed by atoms with Crippen molar-refractivity contribution in [3.8, 4) is 6.07 Å². The van der Waals surface area contributed by atoms with Crippen LogP contribution in [-0.4, -0.2) is 17.3 Å². The quantitative estimate of drug-likeness (QED) is 0.835. The number of hydrogen-bond acceptors (Lipinski definition) is 3. The van der Waals surface area contributed by atoms with Crippen molar-refractivity contribution in [3.05, 3.63) is 35.9 Å². The minimum absolute atomic E-state index is 0.00549. The van der Waals surface area contributed by atoms with E-state index in [0.29, 0.717) is 6.61 Å². The molecule has 1 aromatic rings. The highest BCUT2D eigenvalue weighted by Gasteiger charge is 2.62. The summed E-state index contributed by atoms with van der Waals surface area (Å²) < 4.78 is 12.2. The first kappa shape index (κ1) is 12.7. The van der Waals surface area contributed by atoms with E-state index >= 15 is 0 Å². The van der Waals surface area contributed by atoms with Crippen LogP contribution in [0.4, 0.5) is 0 Å². The van der Waals surface area contributed by atoms with Gasteiger partial charge in [-0.25, -0.2) is 0 Å². The maximum Gasteiger partial charge on any atom is 0.0937 e. The van der Waals surface area contributed by atoms with Gasteiger partial charge >= 0.3 is 0 Å². The van der Waals surface area contributed by atoms with Gasteiger partial charge < -0.3 is 9.47 Å². The first-order chi connectivity index (χ1) is 9.06. The molecule has 0 spiro atoms. The van der Waals surface area contributed by atoms with Gasteiger partial charge in [-0.15, -0.1) is 0 Å². The Morgan fingerprint density at radius 1 is 1.26 bits per heavy atom. The van der Waals surface area contributed by atoms with Gasteiger partial charge in [-0.2, -0.15) is 5.26 Å². The average molecular weight is 257 g/mol. The van der Waals surface area contributed by atoms with E-state index in [1.54, 1.807) is 0 Å². The van der Waals surface area contributed by atoms with Crippen molar-refractivity contribution < 1.29 is 9.47 Å². The van der Waals surface area contributed by atoms with Crippen LogP contribution in [0.1, 0.15) is 32.3 Å². The normalized spacial score (nSPS) is 40.3. The Hall–Kier alpha value is -1.37. The summed E-state index contributed by atoms with van der Waals surface area (Å²) in [6.07, 6.45) is 1.68. The van der Waals surface area contributed by atoms with Crippen LogP contribution in [0.3, 0.4) is 0 Å². The third kappa shape index (κ3) is 2.05. The Balaban J connectivity index is 1.68. The predicted octanol–water partition coefficient (Wildman–Crippen LogP) is 3.05. The standard InChI is InChI=1S/C16H19NO2/c1-15-9-14(16(2,19-15)8-13(15)10-17)18-11-12-6-4-3-5-7-12/h3-7,13-14H,8-9,11H2,1-2H3. The van der Waals surface area contributed by atoms with Crippen LogP contribution in [0, 0.1) is 17.2 Å². The van der Waals surface area contributed by atoms with Crippen molar-refractivity contribution >= 4 is 0 Å². The summed E-state index contributed by atoms with van der Waals surface area (Å²) >= 11 is 0. The van der Waals surface area contributed by atoms with E-state index in [1.807, 2.05) is 25.1 Å². The summed E-state index contributed by atoms with van der Waals surface area (Å²) in [5.41, 5.74) is 0.547. The minimum atomic E-state index is -0.329. The maximum atomic E-state index is 9.19. The molecule has 3 heteroatoms. The van der Waals surface area contributed by atoms with E-state index < -0.39 is 0 Å². The highest BCUT2D eigenvalue weighted by atomic mass is 16.6. The zero-order chi connectivity index (χ0) is 13.5. The Morgan fingerprint density at radius 2 is 2.00 bits per heavy atom. The first-order valence-electron chi connectivity index (χ1n) is 6.81. The number of nitrogens with zero attached hydrogens (tertiary/aromatic N) is 1. The molecule has 2 aliphatic heterocycles. The summed E-state index contributed by atoms with van der Waals surface area (Å²) in [6.45, 7) is 4.72. The van der Waals surface area contributed by atoms with Crippen molar-refractivity contribution in [1.82, 2.24) is 0 Å². The van der Waals surface area contributed by atoms with E-state index in [4.69, 9.17) is 9.47 Å². The molecular weight excluding hydrogens is 238 g/mol. The van der Waals surface area contributed by atoms with Crippen molar-refractivity contribution in [2.75, 3.05) is 0 Å². The highest BCUT2D eigenvalue weighted by molar-refractivity contribution is 5.17. The second kappa shape index (κ2) is 4.33. The van der Waals surface area contributed by atoms with Crippen LogP contribution in [0.15, 0.2) is 30.3 Å². The summed E-state index contributed by atoms with van der Waals surface area (Å²) in [5, 5.41) is 9.19. The Kier molecular flexibility index (Phi) is 2.88. The molecule has 19 heavy (non-hydrogen) atoms. The smallest absolute Gasteiger partial charge is 0.0937 e. The van der Waals surface area contributed by atoms with Crippen LogP contribution in [-0.2, 0) is 16.1 Å². The molecule has 0 aliphatic carbocycles. The fourth-order valence-corrected chi connectivity index (χ4v) is 3.42. The van der Waals surface area contributed by atoms with Gasteiger partial charge in [0.15, 0.2) is 0 Å². The molecule has 0 saturated carbocycles. The number of ether oxygens (including phenoxy) is 2. The molecule has 0 radical (unpaired) electrons. The van der Waals surface area contributed by atoms with Crippen molar-refractivity contribution in [2.45, 2.75) is 50.6 Å². The molecule has 3 rings (SSSR count). The third-order valence-electron chi connectivity index (χ3n) is 4.53. The van der Waals surface area contributed by atoms with E-state index in [0.717, 1.165) is 12.8 Å². The first-order valence-corrected chi connectivity index (χ1v) is 6.81. The molecule has 2 heterocycles. The third-order valence-corrected chi connectivity index (χ3v) is 4.53. The highest BCUT2D eigenvalue weighted by Crippen LogP contribution is 2.54. The fraction of sp³-hybridized carbons (Fsp3) is 0.562. The van der Waals surface area contributed by atoms with Gasteiger partial charge in [-0.3, -0.25) is 0 Å². The molecule has 2 fully saturated rings. The van der Waals surface area contributed by atoms with E-state index in [2.05, 4.69) is 25.1 Å². The summed E-state index contributed by atoms with van der Waals surface area (Å²) in [5.74, 6) is -0.00549. The molecule has 0 amide bonds. The second-order valence-corrected chi connectivity index (χ2v) is 6.10. The van der Waals surface area contributed by atoms with Gasteiger partial charge in [-0.05, 0) is 25.8 Å². The monoisotopic (exact) mass is 257 g/mol. The fourth-order valence-electron chi connectivity index (χ4n) is 3.42. The molecule has 0 N–H and O–H groups in total. The Morgan fingerprint density at radius 3 is 2.58 bits per heavy atom. The Bertz CT molecular complexity index is 509. The number of nitriles is 1. The Labute approximate surface area is 114 Å². The summed E-state index contributed by atoms with van der Waals surface area (Å²) in [7, 11) is 0. The van der Waals surface area contributed by atoms with E-state index in [9.17, 15) is 5.26 Å². The van der Waals surface area contributed by atoms with Crippen LogP contribution < -0.4 is 0 Å². The summed E-state index contributed by atoms with van der Waals surface area (Å²) in [4.78, 5) is 0. The lowest BCUT2D eigenvalue weighted by atomic mass is 9.74. The SMILES string of the molecule is CC12CC(OCc3ccccc3)C(C)(CC1C#N)O2. The molecule has 4 unspecified atom stereocenters. The van der Waals surface area contributed by atoms with Crippen LogP contribution >= 0.6 is 0 Å². The molecule has 2 saturated heterocycles. The lowest BCUT2D eigenvalue weighted by molar-refractivity contribution is -0.0829. The topological polar surface area (TPSA) is 42.2 Å². The van der Waals surface area contributed by atoms with Gasteiger partial charge in [0.25, 0.3) is 0 Å². The lowest BCUT2D eigenvalue weighted by Gasteiger charge is -2.31. The average Bonchev–Trinajstić information content (AvgIpc) is 2.82. The predicted molar refractivity (Wildman–Crippen MR) is 71.3 cm³/mol. The molecular formula is C16H19NO2. The largest absolute Gasteiger partial charge is 0.370 e. The second-order valence-electron chi connectivity index (χ2n) is 6.10. The molecule has 2 bridgehead atoms. The van der Waals surface area contributed by atoms with Crippen molar-refractivity contribution in [3.63, 3.8) is 0 Å². The molecule has 4 atom stereocenters. The number of hydrogen-bond donors (Lipinski definition) is 0. The number of rotatable bonds is 3. The zero-order valence-electron chi connectivity index (χ0n) is 11.4. The molecule has 0 aromatic heterocycles. The van der Waals surface area contributed by atoms with Crippen molar-refractivity contribution in [2.24, 2.45) is 5.92 Å². The molecule has 100 valence electrons. The van der Waals surface area contributed by atoms with Crippen LogP contribution in [0.5, 0.6) is 0 Å². The number of fused-ring (bicyclic) bond motifs is 2. The van der Waals surface area contributed by atoms with E-state index in [-0.39, 0.29) is 23.2 Å². The van der Waals surface area contributed by atoms with Crippen LogP contribution in [0.25, 0.3) is 0 Å². The summed E-state index contributed by atoms with van der Waals surface area (Å²) in [6, 6.07) is 12.5. The number of benzene rings is 1. The van der Waals surface area contributed by atoms with Gasteiger partial charge in [0.1, 0.15) is 0 Å². The zero-order valence-corrected chi connectivity index (χ0v) is 11.4. The van der Waals surface area contributed by atoms with E-state index in [1.165, 1.54) is 5.56 Å². The van der Waals surface area contributed by atoms with Crippen molar-refractivity contribution in [1.29, 1.82) is 5.26 Å².